The lowest BCUT2D eigenvalue weighted by Gasteiger charge is -2.17. The van der Waals surface area contributed by atoms with E-state index in [2.05, 4.69) is 22.8 Å². The molecule has 3 rings (SSSR count). The van der Waals surface area contributed by atoms with Crippen molar-refractivity contribution in [3.05, 3.63) is 59.7 Å². The van der Waals surface area contributed by atoms with Gasteiger partial charge >= 0.3 is 12.1 Å². The van der Waals surface area contributed by atoms with Crippen molar-refractivity contribution in [2.24, 2.45) is 23.5 Å². The van der Waals surface area contributed by atoms with E-state index in [0.29, 0.717) is 0 Å². The van der Waals surface area contributed by atoms with E-state index in [9.17, 15) is 24.0 Å². The van der Waals surface area contributed by atoms with Crippen LogP contribution in [0.3, 0.4) is 0 Å². The first-order valence-electron chi connectivity index (χ1n) is 15.2. The number of alkyl carbamates (subject to hydrolysis) is 1. The molecule has 2 aromatic carbocycles. The minimum absolute atomic E-state index is 0.0285. The summed E-state index contributed by atoms with van der Waals surface area (Å²) in [4.78, 5) is 56.6. The van der Waals surface area contributed by atoms with Gasteiger partial charge in [0.25, 0.3) is 0 Å². The van der Waals surface area contributed by atoms with Crippen LogP contribution in [0, 0.1) is 17.8 Å². The molecule has 3 atom stereocenters. The van der Waals surface area contributed by atoms with Crippen LogP contribution in [0.15, 0.2) is 48.5 Å². The van der Waals surface area contributed by atoms with E-state index < -0.39 is 24.0 Å². The van der Waals surface area contributed by atoms with Gasteiger partial charge in [0.1, 0.15) is 18.4 Å². The predicted octanol–water partition coefficient (Wildman–Crippen LogP) is 4.93. The summed E-state index contributed by atoms with van der Waals surface area (Å²) >= 11 is 0. The zero-order chi connectivity index (χ0) is 33.4. The molecule has 0 saturated carbocycles. The molecule has 10 heteroatoms. The van der Waals surface area contributed by atoms with Crippen LogP contribution >= 0.6 is 0 Å². The van der Waals surface area contributed by atoms with Gasteiger partial charge in [0.05, 0.1) is 19.0 Å². The lowest BCUT2D eigenvalue weighted by molar-refractivity contribution is -0.140. The number of ketones is 2. The number of hydrogen-bond donors (Lipinski definition) is 4. The molecule has 0 aromatic heterocycles. The van der Waals surface area contributed by atoms with Crippen LogP contribution in [-0.4, -0.2) is 60.4 Å². The minimum Gasteiger partial charge on any atom is -0.481 e. The van der Waals surface area contributed by atoms with Gasteiger partial charge in [0, 0.05) is 17.8 Å². The Balaban J connectivity index is 0.000000575. The lowest BCUT2D eigenvalue weighted by atomic mass is 9.98. The number of benzene rings is 2. The molecule has 10 nitrogen and oxygen atoms in total. The molecular formula is C34H49N3O7. The molecule has 1 aliphatic rings. The Hall–Kier alpha value is -4.05. The highest BCUT2D eigenvalue weighted by Gasteiger charge is 2.29. The molecule has 0 heterocycles. The monoisotopic (exact) mass is 611 g/mol. The fourth-order valence-corrected chi connectivity index (χ4v) is 4.04. The van der Waals surface area contributed by atoms with Gasteiger partial charge in [-0.1, -0.05) is 90.1 Å². The summed E-state index contributed by atoms with van der Waals surface area (Å²) in [6, 6.07) is 15.4. The molecule has 0 fully saturated rings. The summed E-state index contributed by atoms with van der Waals surface area (Å²) in [5.74, 6) is -1.25. The number of aliphatic carboxylic acids is 1. The van der Waals surface area contributed by atoms with Crippen molar-refractivity contribution in [1.29, 1.82) is 0 Å². The van der Waals surface area contributed by atoms with Crippen molar-refractivity contribution in [3.8, 4) is 11.1 Å². The number of nitrogens with two attached hydrogens (primary N) is 1. The summed E-state index contributed by atoms with van der Waals surface area (Å²) < 4.78 is 5.44. The Kier molecular flexibility index (Phi) is 16.6. The van der Waals surface area contributed by atoms with Crippen molar-refractivity contribution >= 4 is 29.5 Å². The summed E-state index contributed by atoms with van der Waals surface area (Å²) in [5.41, 5.74) is 9.66. The molecule has 1 aliphatic carbocycles. The van der Waals surface area contributed by atoms with E-state index in [1.807, 2.05) is 64.1 Å². The number of carbonyl (C=O) groups excluding carboxylic acids is 4. The Bertz CT molecular complexity index is 1220. The second kappa shape index (κ2) is 19.3. The topological polar surface area (TPSA) is 165 Å². The summed E-state index contributed by atoms with van der Waals surface area (Å²) in [7, 11) is 0. The smallest absolute Gasteiger partial charge is 0.407 e. The van der Waals surface area contributed by atoms with Crippen LogP contribution in [0.1, 0.15) is 78.4 Å². The van der Waals surface area contributed by atoms with Crippen LogP contribution in [0.4, 0.5) is 4.79 Å². The summed E-state index contributed by atoms with van der Waals surface area (Å²) in [6.45, 7) is 12.8. The normalized spacial score (nSPS) is 13.4. The molecule has 2 amide bonds. The third-order valence-electron chi connectivity index (χ3n) is 7.53. The van der Waals surface area contributed by atoms with Gasteiger partial charge in [-0.15, -0.1) is 0 Å². The highest BCUT2D eigenvalue weighted by Crippen LogP contribution is 2.44. The summed E-state index contributed by atoms with van der Waals surface area (Å²) in [5, 5.41) is 13.1. The van der Waals surface area contributed by atoms with Crippen molar-refractivity contribution in [2.45, 2.75) is 73.3 Å². The molecule has 0 bridgehead atoms. The number of ether oxygens (including phenoxy) is 1. The third kappa shape index (κ3) is 11.9. The SMILES string of the molecule is CC(C)C(=O)O.CC[C@H](C)C(=O)CN.CC[C@H](C)C(=O)CNC(=O)[C@H](C)NC(=O)OCC1c2ccccc2-c2ccccc21. The number of carboxylic acid groups (broad SMARTS) is 1. The van der Waals surface area contributed by atoms with E-state index >= 15 is 0 Å². The average molecular weight is 612 g/mol. The first-order valence-corrected chi connectivity index (χ1v) is 15.2. The number of nitrogens with one attached hydrogen (secondary N) is 2. The average Bonchev–Trinajstić information content (AvgIpc) is 3.35. The van der Waals surface area contributed by atoms with Crippen LogP contribution in [-0.2, 0) is 23.9 Å². The molecule has 0 aliphatic heterocycles. The van der Waals surface area contributed by atoms with Crippen molar-refractivity contribution < 1.29 is 33.8 Å². The first-order chi connectivity index (χ1) is 20.8. The second-order valence-corrected chi connectivity index (χ2v) is 11.2. The summed E-state index contributed by atoms with van der Waals surface area (Å²) in [6.07, 6.45) is 0.964. The highest BCUT2D eigenvalue weighted by molar-refractivity contribution is 5.90. The predicted molar refractivity (Wildman–Crippen MR) is 171 cm³/mol. The van der Waals surface area contributed by atoms with E-state index in [0.717, 1.165) is 35.1 Å². The van der Waals surface area contributed by atoms with Gasteiger partial charge in [0.15, 0.2) is 5.78 Å². The molecule has 5 N–H and O–H groups in total. The molecule has 0 saturated heterocycles. The molecule has 0 spiro atoms. The van der Waals surface area contributed by atoms with Crippen LogP contribution < -0.4 is 16.4 Å². The molecular weight excluding hydrogens is 562 g/mol. The Morgan fingerprint density at radius 2 is 1.27 bits per heavy atom. The fourth-order valence-electron chi connectivity index (χ4n) is 4.04. The Labute approximate surface area is 261 Å². The zero-order valence-corrected chi connectivity index (χ0v) is 27.0. The third-order valence-corrected chi connectivity index (χ3v) is 7.53. The molecule has 0 unspecified atom stereocenters. The molecule has 0 radical (unpaired) electrons. The van der Waals surface area contributed by atoms with E-state index in [1.165, 1.54) is 0 Å². The van der Waals surface area contributed by atoms with Gasteiger partial charge in [-0.25, -0.2) is 4.79 Å². The van der Waals surface area contributed by atoms with E-state index in [4.69, 9.17) is 15.6 Å². The Morgan fingerprint density at radius 3 is 1.68 bits per heavy atom. The molecule has 44 heavy (non-hydrogen) atoms. The van der Waals surface area contributed by atoms with Crippen LogP contribution in [0.2, 0.25) is 0 Å². The first kappa shape index (κ1) is 38.0. The van der Waals surface area contributed by atoms with Crippen molar-refractivity contribution in [1.82, 2.24) is 10.6 Å². The van der Waals surface area contributed by atoms with Crippen LogP contribution in [0.5, 0.6) is 0 Å². The fraction of sp³-hybridized carbons (Fsp3) is 0.500. The maximum Gasteiger partial charge on any atom is 0.407 e. The van der Waals surface area contributed by atoms with E-state index in [1.54, 1.807) is 20.8 Å². The van der Waals surface area contributed by atoms with E-state index in [-0.39, 0.29) is 54.9 Å². The number of rotatable bonds is 12. The standard InChI is InChI=1S/C24H28N2O4.C6H13NO.C4H8O2/c1-4-15(2)22(27)13-25-23(28)16(3)26-24(29)30-14-21-19-11-7-5-9-17(19)18-10-6-8-12-20(18)21;1-3-5(2)6(8)4-7;1-3(2)4(5)6/h5-12,15-16,21H,4,13-14H2,1-3H3,(H,25,28)(H,26,29);5H,3-4,7H2,1-2H3;3H,1-2H3,(H,5,6)/t15-,16-;5-;/m00./s1. The number of fused-ring (bicyclic) bond motifs is 3. The number of carbonyl (C=O) groups is 5. The van der Waals surface area contributed by atoms with Gasteiger partial charge < -0.3 is 26.2 Å². The van der Waals surface area contributed by atoms with Gasteiger partial charge in [-0.05, 0) is 42.0 Å². The number of amides is 2. The second-order valence-electron chi connectivity index (χ2n) is 11.2. The highest BCUT2D eigenvalue weighted by atomic mass is 16.5. The lowest BCUT2D eigenvalue weighted by Crippen LogP contribution is -2.46. The molecule has 242 valence electrons. The van der Waals surface area contributed by atoms with Gasteiger partial charge in [0.2, 0.25) is 5.91 Å². The van der Waals surface area contributed by atoms with Crippen molar-refractivity contribution in [3.63, 3.8) is 0 Å². The number of carboxylic acids is 1. The number of Topliss-reactive ketones (excluding diaryl/α,β-unsaturated/α-hetero) is 2. The Morgan fingerprint density at radius 1 is 0.818 bits per heavy atom. The minimum atomic E-state index is -0.801. The van der Waals surface area contributed by atoms with Crippen molar-refractivity contribution in [2.75, 3.05) is 19.7 Å². The van der Waals surface area contributed by atoms with Gasteiger partial charge in [-0.2, -0.15) is 0 Å². The van der Waals surface area contributed by atoms with Gasteiger partial charge in [-0.3, -0.25) is 19.2 Å². The molecule has 2 aromatic rings. The maximum atomic E-state index is 12.3. The largest absolute Gasteiger partial charge is 0.481 e. The number of hydrogen-bond acceptors (Lipinski definition) is 7. The maximum absolute atomic E-state index is 12.3. The quantitative estimate of drug-likeness (QED) is 0.262. The van der Waals surface area contributed by atoms with Crippen LogP contribution in [0.25, 0.3) is 11.1 Å². The zero-order valence-electron chi connectivity index (χ0n) is 27.0.